The Balaban J connectivity index is 2.28. The van der Waals surface area contributed by atoms with Crippen LogP contribution in [-0.4, -0.2) is 40.0 Å². The van der Waals surface area contributed by atoms with Crippen molar-refractivity contribution in [2.75, 3.05) is 13.2 Å². The van der Waals surface area contributed by atoms with Gasteiger partial charge in [0.25, 0.3) is 11.6 Å². The molecule has 1 saturated heterocycles. The average molecular weight is 343 g/mol. The molecular weight excluding hydrogens is 328 g/mol. The smallest absolute Gasteiger partial charge is 0.284 e. The first kappa shape index (κ1) is 14.9. The van der Waals surface area contributed by atoms with E-state index in [0.717, 1.165) is 19.3 Å². The number of carbonyl (C=O) groups is 1. The molecule has 1 aromatic carbocycles. The lowest BCUT2D eigenvalue weighted by Gasteiger charge is -2.34. The molecule has 1 fully saturated rings. The molecule has 1 aromatic rings. The number of likely N-dealkylation sites (tertiary alicyclic amines) is 1. The van der Waals surface area contributed by atoms with E-state index in [2.05, 4.69) is 15.9 Å². The highest BCUT2D eigenvalue weighted by molar-refractivity contribution is 9.10. The van der Waals surface area contributed by atoms with E-state index in [1.807, 2.05) is 0 Å². The van der Waals surface area contributed by atoms with Gasteiger partial charge >= 0.3 is 0 Å². The second kappa shape index (κ2) is 6.32. The van der Waals surface area contributed by atoms with Gasteiger partial charge in [-0.05, 0) is 47.3 Å². The summed E-state index contributed by atoms with van der Waals surface area (Å²) in [5, 5.41) is 20.2. The highest BCUT2D eigenvalue weighted by Crippen LogP contribution is 2.27. The van der Waals surface area contributed by atoms with Crippen molar-refractivity contribution in [1.29, 1.82) is 0 Å². The molecule has 2 rings (SSSR count). The summed E-state index contributed by atoms with van der Waals surface area (Å²) in [7, 11) is 0. The SMILES string of the molecule is O=C(c1ccc(Br)c([N+](=O)[O-])c1)N1CCCCC1CO. The number of piperidine rings is 1. The number of halogens is 1. The maximum absolute atomic E-state index is 12.4. The summed E-state index contributed by atoms with van der Waals surface area (Å²) < 4.78 is 0.344. The zero-order chi connectivity index (χ0) is 14.7. The van der Waals surface area contributed by atoms with Gasteiger partial charge in [-0.1, -0.05) is 0 Å². The number of hydrogen-bond acceptors (Lipinski definition) is 4. The molecule has 1 aliphatic rings. The van der Waals surface area contributed by atoms with E-state index in [1.165, 1.54) is 12.1 Å². The van der Waals surface area contributed by atoms with E-state index < -0.39 is 4.92 Å². The molecule has 0 aliphatic carbocycles. The van der Waals surface area contributed by atoms with Crippen molar-refractivity contribution in [3.05, 3.63) is 38.3 Å². The predicted octanol–water partition coefficient (Wildman–Crippen LogP) is 2.34. The highest BCUT2D eigenvalue weighted by Gasteiger charge is 2.28. The van der Waals surface area contributed by atoms with Gasteiger partial charge in [-0.3, -0.25) is 14.9 Å². The monoisotopic (exact) mass is 342 g/mol. The zero-order valence-electron chi connectivity index (χ0n) is 10.8. The lowest BCUT2D eigenvalue weighted by molar-refractivity contribution is -0.385. The third-order valence-corrected chi connectivity index (χ3v) is 4.16. The van der Waals surface area contributed by atoms with Gasteiger partial charge in [0.15, 0.2) is 0 Å². The zero-order valence-corrected chi connectivity index (χ0v) is 12.4. The minimum absolute atomic E-state index is 0.0790. The summed E-state index contributed by atoms with van der Waals surface area (Å²) in [5.41, 5.74) is 0.147. The molecule has 0 radical (unpaired) electrons. The number of benzene rings is 1. The van der Waals surface area contributed by atoms with Crippen LogP contribution in [0.3, 0.4) is 0 Å². The van der Waals surface area contributed by atoms with Crippen LogP contribution in [0.15, 0.2) is 22.7 Å². The molecule has 108 valence electrons. The number of aliphatic hydroxyl groups is 1. The third-order valence-electron chi connectivity index (χ3n) is 3.49. The fourth-order valence-corrected chi connectivity index (χ4v) is 2.80. The molecule has 1 heterocycles. The van der Waals surface area contributed by atoms with Gasteiger partial charge in [-0.25, -0.2) is 0 Å². The number of nitrogens with zero attached hydrogens (tertiary/aromatic N) is 2. The third kappa shape index (κ3) is 2.99. The molecule has 0 bridgehead atoms. The molecule has 0 spiro atoms. The molecule has 1 atom stereocenters. The van der Waals surface area contributed by atoms with Gasteiger partial charge in [-0.15, -0.1) is 0 Å². The molecule has 20 heavy (non-hydrogen) atoms. The van der Waals surface area contributed by atoms with E-state index in [9.17, 15) is 20.0 Å². The minimum atomic E-state index is -0.527. The molecule has 0 aromatic heterocycles. The van der Waals surface area contributed by atoms with Crippen LogP contribution >= 0.6 is 15.9 Å². The van der Waals surface area contributed by atoms with Crippen LogP contribution in [0.5, 0.6) is 0 Å². The predicted molar refractivity (Wildman–Crippen MR) is 76.6 cm³/mol. The Morgan fingerprint density at radius 3 is 2.90 bits per heavy atom. The Morgan fingerprint density at radius 2 is 2.25 bits per heavy atom. The first-order valence-electron chi connectivity index (χ1n) is 6.40. The standard InChI is InChI=1S/C13H15BrN2O4/c14-11-5-4-9(7-12(11)16(19)20)13(18)15-6-2-1-3-10(15)8-17/h4-5,7,10,17H,1-3,6,8H2. The number of aliphatic hydroxyl groups excluding tert-OH is 1. The summed E-state index contributed by atoms with van der Waals surface area (Å²) in [6.07, 6.45) is 2.64. The van der Waals surface area contributed by atoms with Crippen LogP contribution in [0, 0.1) is 10.1 Å². The number of hydrogen-bond donors (Lipinski definition) is 1. The maximum atomic E-state index is 12.4. The number of nitro benzene ring substituents is 1. The van der Waals surface area contributed by atoms with Crippen LogP contribution in [0.1, 0.15) is 29.6 Å². The molecule has 1 amide bonds. The van der Waals surface area contributed by atoms with Crippen LogP contribution in [-0.2, 0) is 0 Å². The van der Waals surface area contributed by atoms with E-state index in [0.29, 0.717) is 11.0 Å². The van der Waals surface area contributed by atoms with Gasteiger partial charge in [0, 0.05) is 18.2 Å². The van der Waals surface area contributed by atoms with Crippen molar-refractivity contribution < 1.29 is 14.8 Å². The normalized spacial score (nSPS) is 18.9. The molecule has 6 nitrogen and oxygen atoms in total. The quantitative estimate of drug-likeness (QED) is 0.674. The second-order valence-electron chi connectivity index (χ2n) is 4.75. The number of amides is 1. The lowest BCUT2D eigenvalue weighted by atomic mass is 10.0. The largest absolute Gasteiger partial charge is 0.394 e. The number of carbonyl (C=O) groups excluding carboxylic acids is 1. The van der Waals surface area contributed by atoms with Gasteiger partial charge < -0.3 is 10.0 Å². The second-order valence-corrected chi connectivity index (χ2v) is 5.61. The van der Waals surface area contributed by atoms with Crippen LogP contribution in [0.4, 0.5) is 5.69 Å². The number of nitro groups is 1. The minimum Gasteiger partial charge on any atom is -0.394 e. The Kier molecular flexibility index (Phi) is 4.72. The molecule has 1 unspecified atom stereocenters. The Hall–Kier alpha value is -1.47. The first-order valence-corrected chi connectivity index (χ1v) is 7.19. The van der Waals surface area contributed by atoms with Crippen molar-refractivity contribution in [2.45, 2.75) is 25.3 Å². The summed E-state index contributed by atoms with van der Waals surface area (Å²) in [5.74, 6) is -0.264. The first-order chi connectivity index (χ1) is 9.54. The van der Waals surface area contributed by atoms with Gasteiger partial charge in [0.2, 0.25) is 0 Å². The summed E-state index contributed by atoms with van der Waals surface area (Å²) in [6.45, 7) is 0.498. The summed E-state index contributed by atoms with van der Waals surface area (Å²) in [4.78, 5) is 24.4. The maximum Gasteiger partial charge on any atom is 0.284 e. The van der Waals surface area contributed by atoms with Crippen molar-refractivity contribution >= 4 is 27.5 Å². The fraction of sp³-hybridized carbons (Fsp3) is 0.462. The van der Waals surface area contributed by atoms with E-state index >= 15 is 0 Å². The molecule has 1 N–H and O–H groups in total. The van der Waals surface area contributed by atoms with E-state index in [4.69, 9.17) is 0 Å². The van der Waals surface area contributed by atoms with Crippen LogP contribution in [0.2, 0.25) is 0 Å². The van der Waals surface area contributed by atoms with Crippen molar-refractivity contribution in [1.82, 2.24) is 4.90 Å². The number of rotatable bonds is 3. The van der Waals surface area contributed by atoms with Crippen LogP contribution in [0.25, 0.3) is 0 Å². The summed E-state index contributed by atoms with van der Waals surface area (Å²) >= 11 is 3.10. The Labute approximate surface area is 124 Å². The van der Waals surface area contributed by atoms with Crippen molar-refractivity contribution in [2.24, 2.45) is 0 Å². The molecule has 7 heteroatoms. The molecular formula is C13H15BrN2O4. The van der Waals surface area contributed by atoms with Gasteiger partial charge in [0.05, 0.1) is 22.0 Å². The molecule has 1 aliphatic heterocycles. The Morgan fingerprint density at radius 1 is 1.50 bits per heavy atom. The van der Waals surface area contributed by atoms with Crippen molar-refractivity contribution in [3.63, 3.8) is 0 Å². The lowest BCUT2D eigenvalue weighted by Crippen LogP contribution is -2.45. The Bertz CT molecular complexity index is 535. The van der Waals surface area contributed by atoms with Crippen LogP contribution < -0.4 is 0 Å². The highest BCUT2D eigenvalue weighted by atomic mass is 79.9. The average Bonchev–Trinajstić information content (AvgIpc) is 2.46. The van der Waals surface area contributed by atoms with E-state index in [-0.39, 0.29) is 29.8 Å². The van der Waals surface area contributed by atoms with Gasteiger partial charge in [0.1, 0.15) is 0 Å². The van der Waals surface area contributed by atoms with Gasteiger partial charge in [-0.2, -0.15) is 0 Å². The van der Waals surface area contributed by atoms with E-state index in [1.54, 1.807) is 11.0 Å². The topological polar surface area (TPSA) is 83.7 Å². The fourth-order valence-electron chi connectivity index (χ4n) is 2.41. The summed E-state index contributed by atoms with van der Waals surface area (Å²) in [6, 6.07) is 4.14. The van der Waals surface area contributed by atoms with Crippen molar-refractivity contribution in [3.8, 4) is 0 Å². The molecule has 0 saturated carbocycles.